The topological polar surface area (TPSA) is 44.7 Å². The first kappa shape index (κ1) is 20.3. The van der Waals surface area contributed by atoms with Gasteiger partial charge in [0.2, 0.25) is 0 Å². The van der Waals surface area contributed by atoms with Crippen LogP contribution in [0.5, 0.6) is 11.5 Å². The number of hydrogen-bond acceptors (Lipinski definition) is 4. The average Bonchev–Trinajstić information content (AvgIpc) is 2.47. The maximum atomic E-state index is 10.2. The number of halogens is 2. The highest BCUT2D eigenvalue weighted by Gasteiger charge is 2.24. The zero-order chi connectivity index (χ0) is 13.7. The predicted octanol–water partition coefficient (Wildman–Crippen LogP) is 2.99. The van der Waals surface area contributed by atoms with Gasteiger partial charge in [-0.15, -0.1) is 24.8 Å². The van der Waals surface area contributed by atoms with Crippen molar-refractivity contribution in [3.63, 3.8) is 0 Å². The standard InChI is InChI=1S/C15H24N2O2.2ClH/c1-3-4-14(17-9-7-16-8-10-17)13-11-12(19-2)5-6-15(13)18;;/h5-6,11,14,16,18H,3-4,7-10H2,1-2H3;2*1H/t14-;;/m0../s1. The molecule has 0 amide bonds. The number of benzene rings is 1. The van der Waals surface area contributed by atoms with Crippen LogP contribution in [0.1, 0.15) is 31.4 Å². The van der Waals surface area contributed by atoms with Gasteiger partial charge < -0.3 is 15.2 Å². The molecule has 0 aromatic heterocycles. The van der Waals surface area contributed by atoms with Gasteiger partial charge in [-0.05, 0) is 24.6 Å². The monoisotopic (exact) mass is 336 g/mol. The second kappa shape index (κ2) is 10.1. The molecule has 0 saturated carbocycles. The van der Waals surface area contributed by atoms with Crippen LogP contribution in [0.4, 0.5) is 0 Å². The predicted molar refractivity (Wildman–Crippen MR) is 91.2 cm³/mol. The summed E-state index contributed by atoms with van der Waals surface area (Å²) in [5, 5.41) is 13.5. The number of hydrogen-bond donors (Lipinski definition) is 2. The van der Waals surface area contributed by atoms with Crippen LogP contribution in [0.3, 0.4) is 0 Å². The van der Waals surface area contributed by atoms with Crippen molar-refractivity contribution < 1.29 is 9.84 Å². The van der Waals surface area contributed by atoms with Crippen molar-refractivity contribution in [3.8, 4) is 11.5 Å². The molecule has 1 aromatic rings. The van der Waals surface area contributed by atoms with Gasteiger partial charge >= 0.3 is 0 Å². The van der Waals surface area contributed by atoms with E-state index in [4.69, 9.17) is 4.74 Å². The van der Waals surface area contributed by atoms with Gasteiger partial charge in [0.1, 0.15) is 11.5 Å². The molecule has 1 aromatic carbocycles. The van der Waals surface area contributed by atoms with E-state index < -0.39 is 0 Å². The SMILES string of the molecule is CCC[C@@H](c1cc(OC)ccc1O)N1CCNCC1.Cl.Cl. The molecule has 122 valence electrons. The van der Waals surface area contributed by atoms with Gasteiger partial charge in [0, 0.05) is 37.8 Å². The van der Waals surface area contributed by atoms with Crippen LogP contribution in [-0.2, 0) is 0 Å². The van der Waals surface area contributed by atoms with Gasteiger partial charge in [0.05, 0.1) is 7.11 Å². The smallest absolute Gasteiger partial charge is 0.120 e. The third-order valence-corrected chi connectivity index (χ3v) is 3.75. The van der Waals surface area contributed by atoms with Gasteiger partial charge in [-0.1, -0.05) is 13.3 Å². The highest BCUT2D eigenvalue weighted by Crippen LogP contribution is 2.34. The minimum atomic E-state index is 0. The summed E-state index contributed by atoms with van der Waals surface area (Å²) in [6.07, 6.45) is 2.16. The second-order valence-electron chi connectivity index (χ2n) is 5.02. The van der Waals surface area contributed by atoms with Crippen LogP contribution in [0.2, 0.25) is 0 Å². The molecule has 21 heavy (non-hydrogen) atoms. The van der Waals surface area contributed by atoms with E-state index >= 15 is 0 Å². The first-order valence-corrected chi connectivity index (χ1v) is 7.08. The Kier molecular flexibility index (Phi) is 9.79. The Hall–Kier alpha value is -0.680. The highest BCUT2D eigenvalue weighted by molar-refractivity contribution is 5.85. The summed E-state index contributed by atoms with van der Waals surface area (Å²) in [5.74, 6) is 1.18. The van der Waals surface area contributed by atoms with E-state index in [1.54, 1.807) is 19.2 Å². The Morgan fingerprint density at radius 2 is 1.95 bits per heavy atom. The molecule has 1 heterocycles. The Balaban J connectivity index is 0.00000200. The van der Waals surface area contributed by atoms with E-state index in [0.717, 1.165) is 50.3 Å². The number of aromatic hydroxyl groups is 1. The highest BCUT2D eigenvalue weighted by atomic mass is 35.5. The van der Waals surface area contributed by atoms with Crippen LogP contribution >= 0.6 is 24.8 Å². The zero-order valence-electron chi connectivity index (χ0n) is 12.7. The number of phenolic OH excluding ortho intramolecular Hbond substituents is 1. The molecule has 4 nitrogen and oxygen atoms in total. The zero-order valence-corrected chi connectivity index (χ0v) is 14.3. The summed E-state index contributed by atoms with van der Waals surface area (Å²) in [4.78, 5) is 2.45. The van der Waals surface area contributed by atoms with Crippen LogP contribution in [0.15, 0.2) is 18.2 Å². The Morgan fingerprint density at radius 1 is 1.29 bits per heavy atom. The van der Waals surface area contributed by atoms with Crippen molar-refractivity contribution in [1.29, 1.82) is 0 Å². The van der Waals surface area contributed by atoms with Crippen molar-refractivity contribution >= 4 is 24.8 Å². The number of ether oxygens (including phenoxy) is 1. The molecule has 1 saturated heterocycles. The lowest BCUT2D eigenvalue weighted by molar-refractivity contribution is 0.162. The second-order valence-corrected chi connectivity index (χ2v) is 5.02. The maximum Gasteiger partial charge on any atom is 0.120 e. The van der Waals surface area contributed by atoms with Crippen LogP contribution < -0.4 is 10.1 Å². The lowest BCUT2D eigenvalue weighted by Crippen LogP contribution is -2.45. The third-order valence-electron chi connectivity index (χ3n) is 3.75. The molecule has 0 unspecified atom stereocenters. The quantitative estimate of drug-likeness (QED) is 0.867. The molecular formula is C15H26Cl2N2O2. The van der Waals surface area contributed by atoms with E-state index in [1.165, 1.54) is 0 Å². The van der Waals surface area contributed by atoms with Gasteiger partial charge in [-0.2, -0.15) is 0 Å². The molecule has 0 radical (unpaired) electrons. The van der Waals surface area contributed by atoms with E-state index in [0.29, 0.717) is 5.75 Å². The minimum Gasteiger partial charge on any atom is -0.508 e. The summed E-state index contributed by atoms with van der Waals surface area (Å²) in [5.41, 5.74) is 0.989. The molecule has 2 rings (SSSR count). The first-order chi connectivity index (χ1) is 9.26. The van der Waals surface area contributed by atoms with Crippen molar-refractivity contribution in [2.75, 3.05) is 33.3 Å². The Bertz CT molecular complexity index is 413. The summed E-state index contributed by atoms with van der Waals surface area (Å²) >= 11 is 0. The van der Waals surface area contributed by atoms with Crippen LogP contribution in [-0.4, -0.2) is 43.3 Å². The lowest BCUT2D eigenvalue weighted by Gasteiger charge is -2.35. The molecule has 2 N–H and O–H groups in total. The van der Waals surface area contributed by atoms with Crippen molar-refractivity contribution in [2.45, 2.75) is 25.8 Å². The number of methoxy groups -OCH3 is 1. The Labute approximate surface area is 139 Å². The summed E-state index contributed by atoms with van der Waals surface area (Å²) in [7, 11) is 1.66. The molecule has 1 fully saturated rings. The van der Waals surface area contributed by atoms with Crippen molar-refractivity contribution in [3.05, 3.63) is 23.8 Å². The number of phenols is 1. The van der Waals surface area contributed by atoms with Crippen LogP contribution in [0.25, 0.3) is 0 Å². The van der Waals surface area contributed by atoms with Crippen LogP contribution in [0, 0.1) is 0 Å². The van der Waals surface area contributed by atoms with Crippen molar-refractivity contribution in [1.82, 2.24) is 10.2 Å². The maximum absolute atomic E-state index is 10.2. The fourth-order valence-electron chi connectivity index (χ4n) is 2.73. The summed E-state index contributed by atoms with van der Waals surface area (Å²) < 4.78 is 5.28. The van der Waals surface area contributed by atoms with Gasteiger partial charge in [-0.3, -0.25) is 4.90 Å². The van der Waals surface area contributed by atoms with Gasteiger partial charge in [-0.25, -0.2) is 0 Å². The van der Waals surface area contributed by atoms with E-state index in [1.807, 2.05) is 6.07 Å². The Morgan fingerprint density at radius 3 is 2.52 bits per heavy atom. The van der Waals surface area contributed by atoms with E-state index in [9.17, 15) is 5.11 Å². The van der Waals surface area contributed by atoms with E-state index in [2.05, 4.69) is 17.1 Å². The lowest BCUT2D eigenvalue weighted by atomic mass is 9.98. The molecule has 0 aliphatic carbocycles. The molecule has 6 heteroatoms. The first-order valence-electron chi connectivity index (χ1n) is 7.08. The largest absolute Gasteiger partial charge is 0.508 e. The third kappa shape index (κ3) is 5.22. The van der Waals surface area contributed by atoms with Gasteiger partial charge in [0.25, 0.3) is 0 Å². The summed E-state index contributed by atoms with van der Waals surface area (Å²) in [6.45, 7) is 6.28. The molecule has 1 aliphatic rings. The number of nitrogens with zero attached hydrogens (tertiary/aromatic N) is 1. The van der Waals surface area contributed by atoms with Crippen molar-refractivity contribution in [2.24, 2.45) is 0 Å². The fraction of sp³-hybridized carbons (Fsp3) is 0.600. The molecular weight excluding hydrogens is 311 g/mol. The summed E-state index contributed by atoms with van der Waals surface area (Å²) in [6, 6.07) is 5.79. The minimum absolute atomic E-state index is 0. The number of piperazine rings is 1. The molecule has 1 aliphatic heterocycles. The average molecular weight is 337 g/mol. The van der Waals surface area contributed by atoms with E-state index in [-0.39, 0.29) is 30.9 Å². The molecule has 1 atom stereocenters. The fourth-order valence-corrected chi connectivity index (χ4v) is 2.73. The molecule has 0 spiro atoms. The van der Waals surface area contributed by atoms with Gasteiger partial charge in [0.15, 0.2) is 0 Å². The molecule has 0 bridgehead atoms. The number of rotatable bonds is 5. The normalized spacial score (nSPS) is 16.5. The number of nitrogens with one attached hydrogen (secondary N) is 1.